The van der Waals surface area contributed by atoms with Crippen LogP contribution in [0.15, 0.2) is 54.6 Å². The van der Waals surface area contributed by atoms with Gasteiger partial charge in [-0.05, 0) is 36.8 Å². The highest BCUT2D eigenvalue weighted by molar-refractivity contribution is 5.89. The molecule has 0 atom stereocenters. The summed E-state index contributed by atoms with van der Waals surface area (Å²) in [5.74, 6) is -0.140. The maximum Gasteiger partial charge on any atom is 0.338 e. The summed E-state index contributed by atoms with van der Waals surface area (Å²) < 4.78 is 5.38. The molecule has 1 aromatic heterocycles. The lowest BCUT2D eigenvalue weighted by molar-refractivity contribution is -0.130. The van der Waals surface area contributed by atoms with E-state index in [2.05, 4.69) is 16.8 Å². The first-order chi connectivity index (χ1) is 11.1. The normalized spacial score (nSPS) is 10.7. The topological polar surface area (TPSA) is 83.0 Å². The molecule has 116 valence electrons. The Morgan fingerprint density at radius 1 is 1.22 bits per heavy atom. The second kappa shape index (κ2) is 6.02. The van der Waals surface area contributed by atoms with Crippen molar-refractivity contribution in [3.8, 4) is 11.4 Å². The van der Waals surface area contributed by atoms with E-state index in [0.717, 1.165) is 16.6 Å². The summed E-state index contributed by atoms with van der Waals surface area (Å²) in [6.07, 6.45) is 0. The Bertz CT molecular complexity index is 865. The Balaban J connectivity index is 2.11. The van der Waals surface area contributed by atoms with Crippen LogP contribution < -0.4 is 10.5 Å². The Kier molecular flexibility index (Phi) is 3.91. The van der Waals surface area contributed by atoms with Crippen LogP contribution in [0, 0.1) is 0 Å². The number of esters is 1. The molecule has 0 aliphatic carbocycles. The monoisotopic (exact) mass is 308 g/mol. The van der Waals surface area contributed by atoms with Crippen molar-refractivity contribution in [3.63, 3.8) is 0 Å². The maximum absolute atomic E-state index is 11.8. The van der Waals surface area contributed by atoms with Crippen LogP contribution in [-0.2, 0) is 11.3 Å². The fourth-order valence-electron chi connectivity index (χ4n) is 2.09. The van der Waals surface area contributed by atoms with Gasteiger partial charge in [-0.1, -0.05) is 24.8 Å². The number of carbonyl (C=O) groups is 1. The van der Waals surface area contributed by atoms with E-state index < -0.39 is 5.97 Å². The Morgan fingerprint density at radius 2 is 1.87 bits per heavy atom. The molecule has 0 aliphatic rings. The number of hydrogen-bond acceptors (Lipinski definition) is 5. The van der Waals surface area contributed by atoms with Gasteiger partial charge in [-0.15, -0.1) is 15.0 Å². The van der Waals surface area contributed by atoms with Crippen LogP contribution in [0.2, 0.25) is 0 Å². The van der Waals surface area contributed by atoms with Gasteiger partial charge in [0.05, 0.1) is 0 Å². The van der Waals surface area contributed by atoms with E-state index in [-0.39, 0.29) is 0 Å². The van der Waals surface area contributed by atoms with Gasteiger partial charge in [0.2, 0.25) is 0 Å². The number of carbonyl (C=O) groups excluding carboxylic acids is 1. The molecular weight excluding hydrogens is 292 g/mol. The number of ether oxygens (including phenoxy) is 1. The van der Waals surface area contributed by atoms with Gasteiger partial charge in [-0.2, -0.15) is 0 Å². The zero-order chi connectivity index (χ0) is 16.4. The van der Waals surface area contributed by atoms with E-state index in [4.69, 9.17) is 10.5 Å². The molecule has 0 saturated heterocycles. The molecular formula is C17H16N4O2. The number of fused-ring (bicyclic) bond motifs is 1. The first-order valence-corrected chi connectivity index (χ1v) is 7.11. The van der Waals surface area contributed by atoms with E-state index in [1.54, 1.807) is 25.1 Å². The van der Waals surface area contributed by atoms with Crippen molar-refractivity contribution in [1.29, 1.82) is 0 Å². The molecule has 1 heterocycles. The summed E-state index contributed by atoms with van der Waals surface area (Å²) in [6, 6.07) is 12.8. The molecule has 0 spiro atoms. The maximum atomic E-state index is 11.8. The molecule has 0 unspecified atom stereocenters. The van der Waals surface area contributed by atoms with Gasteiger partial charge in [0.25, 0.3) is 0 Å². The van der Waals surface area contributed by atoms with Crippen LogP contribution in [-0.4, -0.2) is 21.0 Å². The SMILES string of the molecule is C=C(C)C(=O)Oc1ccc(CN)cc1-n1nc2ccccc2n1. The molecule has 0 saturated carbocycles. The average molecular weight is 308 g/mol. The Labute approximate surface area is 133 Å². The second-order valence-corrected chi connectivity index (χ2v) is 5.15. The Morgan fingerprint density at radius 3 is 2.43 bits per heavy atom. The van der Waals surface area contributed by atoms with Crippen molar-refractivity contribution in [2.75, 3.05) is 0 Å². The van der Waals surface area contributed by atoms with Crippen LogP contribution in [0.25, 0.3) is 16.7 Å². The summed E-state index contributed by atoms with van der Waals surface area (Å²) >= 11 is 0. The minimum absolute atomic E-state index is 0.317. The minimum Gasteiger partial charge on any atom is -0.421 e. The highest BCUT2D eigenvalue weighted by atomic mass is 16.5. The van der Waals surface area contributed by atoms with Gasteiger partial charge in [0.15, 0.2) is 5.75 Å². The van der Waals surface area contributed by atoms with Crippen LogP contribution >= 0.6 is 0 Å². The molecule has 0 fully saturated rings. The van der Waals surface area contributed by atoms with Crippen molar-refractivity contribution >= 4 is 17.0 Å². The zero-order valence-corrected chi connectivity index (χ0v) is 12.7. The van der Waals surface area contributed by atoms with Crippen LogP contribution in [0.1, 0.15) is 12.5 Å². The third-order valence-corrected chi connectivity index (χ3v) is 3.31. The highest BCUT2D eigenvalue weighted by Gasteiger charge is 2.14. The summed E-state index contributed by atoms with van der Waals surface area (Å²) in [7, 11) is 0. The number of aromatic nitrogens is 3. The van der Waals surface area contributed by atoms with Crippen molar-refractivity contribution in [2.45, 2.75) is 13.5 Å². The fraction of sp³-hybridized carbons (Fsp3) is 0.118. The third kappa shape index (κ3) is 2.97. The highest BCUT2D eigenvalue weighted by Crippen LogP contribution is 2.25. The van der Waals surface area contributed by atoms with Crippen molar-refractivity contribution < 1.29 is 9.53 Å². The number of rotatable bonds is 4. The average Bonchev–Trinajstić information content (AvgIpc) is 2.98. The molecule has 0 amide bonds. The predicted molar refractivity (Wildman–Crippen MR) is 87.2 cm³/mol. The third-order valence-electron chi connectivity index (χ3n) is 3.31. The zero-order valence-electron chi connectivity index (χ0n) is 12.7. The van der Waals surface area contributed by atoms with Crippen molar-refractivity contribution in [2.24, 2.45) is 5.73 Å². The molecule has 0 bridgehead atoms. The van der Waals surface area contributed by atoms with Gasteiger partial charge in [-0.25, -0.2) is 4.79 Å². The van der Waals surface area contributed by atoms with Gasteiger partial charge >= 0.3 is 5.97 Å². The van der Waals surface area contributed by atoms with Gasteiger partial charge < -0.3 is 10.5 Å². The lowest BCUT2D eigenvalue weighted by Crippen LogP contribution is -2.12. The smallest absolute Gasteiger partial charge is 0.338 e. The van der Waals surface area contributed by atoms with Gasteiger partial charge in [0.1, 0.15) is 16.7 Å². The van der Waals surface area contributed by atoms with Gasteiger partial charge in [0, 0.05) is 12.1 Å². The van der Waals surface area contributed by atoms with E-state index >= 15 is 0 Å². The lowest BCUT2D eigenvalue weighted by atomic mass is 10.2. The molecule has 2 aromatic carbocycles. The van der Waals surface area contributed by atoms with Crippen molar-refractivity contribution in [1.82, 2.24) is 15.0 Å². The molecule has 3 aromatic rings. The summed E-state index contributed by atoms with van der Waals surface area (Å²) in [5.41, 5.74) is 8.96. The number of hydrogen-bond donors (Lipinski definition) is 1. The van der Waals surface area contributed by atoms with Crippen LogP contribution in [0.3, 0.4) is 0 Å². The van der Waals surface area contributed by atoms with Crippen molar-refractivity contribution in [3.05, 3.63) is 60.2 Å². The van der Waals surface area contributed by atoms with Gasteiger partial charge in [-0.3, -0.25) is 0 Å². The molecule has 0 radical (unpaired) electrons. The standard InChI is InChI=1S/C17H16N4O2/c1-11(2)17(22)23-16-8-7-12(10-18)9-15(16)21-19-13-5-3-4-6-14(13)20-21/h3-9H,1,10,18H2,2H3. The first-order valence-electron chi connectivity index (χ1n) is 7.11. The molecule has 0 aliphatic heterocycles. The predicted octanol–water partition coefficient (Wildman–Crippen LogP) is 2.36. The molecule has 2 N–H and O–H groups in total. The first kappa shape index (κ1) is 14.9. The van der Waals surface area contributed by atoms with E-state index in [9.17, 15) is 4.79 Å². The largest absolute Gasteiger partial charge is 0.421 e. The molecule has 3 rings (SSSR count). The molecule has 23 heavy (non-hydrogen) atoms. The fourth-order valence-corrected chi connectivity index (χ4v) is 2.09. The quantitative estimate of drug-likeness (QED) is 0.454. The summed E-state index contributed by atoms with van der Waals surface area (Å²) in [4.78, 5) is 13.3. The van der Waals surface area contributed by atoms with E-state index in [0.29, 0.717) is 23.6 Å². The lowest BCUT2D eigenvalue weighted by Gasteiger charge is -2.10. The molecule has 6 nitrogen and oxygen atoms in total. The molecule has 6 heteroatoms. The second-order valence-electron chi connectivity index (χ2n) is 5.15. The van der Waals surface area contributed by atoms with Crippen LogP contribution in [0.4, 0.5) is 0 Å². The number of benzene rings is 2. The Hall–Kier alpha value is -2.99. The van der Waals surface area contributed by atoms with E-state index in [1.807, 2.05) is 24.3 Å². The number of nitrogens with two attached hydrogens (primary N) is 1. The van der Waals surface area contributed by atoms with E-state index in [1.165, 1.54) is 4.80 Å². The number of nitrogens with zero attached hydrogens (tertiary/aromatic N) is 3. The minimum atomic E-state index is -0.497. The van der Waals surface area contributed by atoms with Crippen LogP contribution in [0.5, 0.6) is 5.75 Å². The summed E-state index contributed by atoms with van der Waals surface area (Å²) in [5, 5.41) is 8.84. The summed E-state index contributed by atoms with van der Waals surface area (Å²) in [6.45, 7) is 5.55.